The highest BCUT2D eigenvalue weighted by atomic mass is 35.5. The lowest BCUT2D eigenvalue weighted by atomic mass is 10.1. The van der Waals surface area contributed by atoms with Gasteiger partial charge >= 0.3 is 0 Å². The number of pyridine rings is 1. The molecule has 1 aliphatic rings. The molecule has 4 rings (SSSR count). The van der Waals surface area contributed by atoms with Crippen molar-refractivity contribution in [1.29, 1.82) is 0 Å². The third kappa shape index (κ3) is 6.74. The zero-order valence-electron chi connectivity index (χ0n) is 20.0. The average molecular weight is 548 g/mol. The first-order valence-electron chi connectivity index (χ1n) is 11.7. The van der Waals surface area contributed by atoms with E-state index in [2.05, 4.69) is 20.5 Å². The number of halogens is 4. The molecule has 1 saturated heterocycles. The van der Waals surface area contributed by atoms with Crippen molar-refractivity contribution in [3.63, 3.8) is 0 Å². The van der Waals surface area contributed by atoms with E-state index in [9.17, 15) is 9.59 Å². The van der Waals surface area contributed by atoms with Gasteiger partial charge in [0, 0.05) is 29.9 Å². The van der Waals surface area contributed by atoms with Crippen molar-refractivity contribution in [2.75, 3.05) is 48.8 Å². The maximum atomic E-state index is 15.1. The van der Waals surface area contributed by atoms with E-state index in [-0.39, 0.29) is 33.3 Å². The van der Waals surface area contributed by atoms with Gasteiger partial charge in [-0.05, 0) is 75.4 Å². The molecule has 0 spiro atoms. The lowest BCUT2D eigenvalue weighted by molar-refractivity contribution is 0.102. The van der Waals surface area contributed by atoms with Gasteiger partial charge in [0.15, 0.2) is 0 Å². The highest BCUT2D eigenvalue weighted by molar-refractivity contribution is 6.31. The molecule has 2 aromatic carbocycles. The van der Waals surface area contributed by atoms with Gasteiger partial charge in [0.05, 0.1) is 16.3 Å². The van der Waals surface area contributed by atoms with E-state index in [1.54, 1.807) is 11.0 Å². The Bertz CT molecular complexity index is 1270. The van der Waals surface area contributed by atoms with Crippen LogP contribution in [0.3, 0.4) is 0 Å². The summed E-state index contributed by atoms with van der Waals surface area (Å²) in [6, 6.07) is 9.37. The maximum absolute atomic E-state index is 15.1. The van der Waals surface area contributed by atoms with Gasteiger partial charge in [-0.1, -0.05) is 23.2 Å². The molecule has 0 unspecified atom stereocenters. The second-order valence-electron chi connectivity index (χ2n) is 8.75. The molecule has 37 heavy (non-hydrogen) atoms. The van der Waals surface area contributed by atoms with E-state index in [0.29, 0.717) is 18.1 Å². The van der Waals surface area contributed by atoms with Crippen LogP contribution in [0.1, 0.15) is 33.6 Å². The molecule has 2 amide bonds. The van der Waals surface area contributed by atoms with Crippen LogP contribution in [0.25, 0.3) is 0 Å². The predicted octanol–water partition coefficient (Wildman–Crippen LogP) is 5.70. The van der Waals surface area contributed by atoms with Crippen LogP contribution in [0.15, 0.2) is 48.7 Å². The number of amides is 2. The van der Waals surface area contributed by atoms with Crippen molar-refractivity contribution in [2.45, 2.75) is 12.8 Å². The van der Waals surface area contributed by atoms with Gasteiger partial charge in [-0.15, -0.1) is 0 Å². The smallest absolute Gasteiger partial charge is 0.258 e. The Kier molecular flexibility index (Phi) is 8.58. The number of carbonyl (C=O) groups excluding carboxylic acids is 2. The molecule has 0 saturated carbocycles. The minimum absolute atomic E-state index is 0.0424. The summed E-state index contributed by atoms with van der Waals surface area (Å²) >= 11 is 11.9. The molecule has 1 fully saturated rings. The number of hydrogen-bond donors (Lipinski definition) is 2. The summed E-state index contributed by atoms with van der Waals surface area (Å²) in [4.78, 5) is 33.7. The molecule has 1 aliphatic heterocycles. The minimum Gasteiger partial charge on any atom is -0.367 e. The van der Waals surface area contributed by atoms with E-state index >= 15 is 8.78 Å². The molecule has 0 radical (unpaired) electrons. The molecule has 0 atom stereocenters. The van der Waals surface area contributed by atoms with E-state index in [1.165, 1.54) is 30.5 Å². The van der Waals surface area contributed by atoms with Gasteiger partial charge in [0.25, 0.3) is 11.8 Å². The monoisotopic (exact) mass is 547 g/mol. The van der Waals surface area contributed by atoms with Crippen LogP contribution >= 0.6 is 23.2 Å². The van der Waals surface area contributed by atoms with Gasteiger partial charge in [0.2, 0.25) is 0 Å². The average Bonchev–Trinajstić information content (AvgIpc) is 2.84. The molecular formula is C26H25Cl2F2N5O2. The summed E-state index contributed by atoms with van der Waals surface area (Å²) < 4.78 is 30.1. The van der Waals surface area contributed by atoms with Crippen LogP contribution < -0.4 is 15.5 Å². The quantitative estimate of drug-likeness (QED) is 0.428. The molecule has 2 heterocycles. The van der Waals surface area contributed by atoms with E-state index < -0.39 is 23.4 Å². The fourth-order valence-corrected chi connectivity index (χ4v) is 4.43. The Morgan fingerprint density at radius 1 is 0.865 bits per heavy atom. The van der Waals surface area contributed by atoms with Gasteiger partial charge in [0.1, 0.15) is 23.1 Å². The molecule has 7 nitrogen and oxygen atoms in total. The van der Waals surface area contributed by atoms with Crippen molar-refractivity contribution < 1.29 is 18.4 Å². The third-order valence-electron chi connectivity index (χ3n) is 5.97. The maximum Gasteiger partial charge on any atom is 0.258 e. The van der Waals surface area contributed by atoms with E-state index in [0.717, 1.165) is 38.1 Å². The number of nitrogens with one attached hydrogen (secondary N) is 2. The predicted molar refractivity (Wildman–Crippen MR) is 142 cm³/mol. The van der Waals surface area contributed by atoms with E-state index in [4.69, 9.17) is 23.2 Å². The third-order valence-corrected chi connectivity index (χ3v) is 6.43. The van der Waals surface area contributed by atoms with Crippen molar-refractivity contribution in [3.05, 3.63) is 81.5 Å². The summed E-state index contributed by atoms with van der Waals surface area (Å²) in [6.07, 6.45) is 2.91. The highest BCUT2D eigenvalue weighted by Gasteiger charge is 2.22. The summed E-state index contributed by atoms with van der Waals surface area (Å²) in [5, 5.41) is 5.81. The van der Waals surface area contributed by atoms with Gasteiger partial charge in [-0.25, -0.2) is 13.8 Å². The first-order chi connectivity index (χ1) is 17.7. The number of hydrogen-bond acceptors (Lipinski definition) is 5. The van der Waals surface area contributed by atoms with Crippen LogP contribution in [0.4, 0.5) is 26.0 Å². The number of aromatic nitrogens is 1. The number of benzene rings is 2. The first kappa shape index (κ1) is 26.8. The molecule has 0 aliphatic carbocycles. The molecule has 1 aromatic heterocycles. The fraction of sp³-hybridized carbons (Fsp3) is 0.269. The van der Waals surface area contributed by atoms with Crippen LogP contribution in [0.2, 0.25) is 10.0 Å². The molecule has 194 valence electrons. The van der Waals surface area contributed by atoms with Crippen LogP contribution in [0, 0.1) is 11.6 Å². The van der Waals surface area contributed by atoms with Gasteiger partial charge in [-0.2, -0.15) is 0 Å². The van der Waals surface area contributed by atoms with Crippen molar-refractivity contribution in [2.24, 2.45) is 0 Å². The number of nitrogens with zero attached hydrogens (tertiary/aromatic N) is 3. The normalized spacial score (nSPS) is 14.6. The Hall–Kier alpha value is -3.27. The summed E-state index contributed by atoms with van der Waals surface area (Å²) in [5.41, 5.74) is -0.200. The lowest BCUT2D eigenvalue weighted by Crippen LogP contribution is -2.36. The van der Waals surface area contributed by atoms with Crippen molar-refractivity contribution in [1.82, 2.24) is 9.88 Å². The van der Waals surface area contributed by atoms with E-state index in [1.807, 2.05) is 7.05 Å². The molecule has 0 bridgehead atoms. The second-order valence-corrected chi connectivity index (χ2v) is 9.62. The standard InChI is InChI=1S/C26H25Cl2F2N5O2/c1-34-8-2-10-35(11-3-9-34)24-20(29)12-16(13-21(24)30)25(36)32-22-6-4-17(27)14-19(22)26(37)33-23-7-5-18(28)15-31-23/h4-7,12-15H,2-3,8-11H2,1H3,(H,32,36)(H,31,33,37). The Labute approximate surface area is 223 Å². The van der Waals surface area contributed by atoms with Crippen LogP contribution in [-0.2, 0) is 0 Å². The van der Waals surface area contributed by atoms with Crippen LogP contribution in [-0.4, -0.2) is 54.9 Å². The van der Waals surface area contributed by atoms with Gasteiger partial charge < -0.3 is 20.4 Å². The van der Waals surface area contributed by atoms with Crippen molar-refractivity contribution in [3.8, 4) is 0 Å². The zero-order valence-corrected chi connectivity index (χ0v) is 21.5. The Morgan fingerprint density at radius 3 is 2.14 bits per heavy atom. The SMILES string of the molecule is CN1CCCN(c2c(F)cc(C(=O)Nc3ccc(Cl)cc3C(=O)Nc3ccc(Cl)cn3)cc2F)CCC1. The summed E-state index contributed by atoms with van der Waals surface area (Å²) in [6.45, 7) is 2.70. The first-order valence-corrected chi connectivity index (χ1v) is 12.4. The lowest BCUT2D eigenvalue weighted by Gasteiger charge is -2.30. The fourth-order valence-electron chi connectivity index (χ4n) is 4.15. The molecule has 2 N–H and O–H groups in total. The number of anilines is 3. The molecule has 3 aromatic rings. The number of carbonyl (C=O) groups is 2. The minimum atomic E-state index is -0.818. The number of rotatable bonds is 5. The van der Waals surface area contributed by atoms with Crippen LogP contribution in [0.5, 0.6) is 0 Å². The molecular weight excluding hydrogens is 523 g/mol. The summed E-state index contributed by atoms with van der Waals surface area (Å²) in [5.74, 6) is -2.77. The van der Waals surface area contributed by atoms with Gasteiger partial charge in [-0.3, -0.25) is 9.59 Å². The highest BCUT2D eigenvalue weighted by Crippen LogP contribution is 2.28. The summed E-state index contributed by atoms with van der Waals surface area (Å²) in [7, 11) is 2.02. The largest absolute Gasteiger partial charge is 0.367 e. The topological polar surface area (TPSA) is 77.6 Å². The Morgan fingerprint density at radius 2 is 1.51 bits per heavy atom. The Balaban J connectivity index is 1.53. The molecule has 11 heteroatoms. The second kappa shape index (κ2) is 11.9. The zero-order chi connectivity index (χ0) is 26.5. The van der Waals surface area contributed by atoms with Crippen molar-refractivity contribution >= 4 is 52.2 Å².